The normalized spacial score (nSPS) is 15.2. The number of hydrogen-bond donors (Lipinski definition) is 1. The van der Waals surface area contributed by atoms with Crippen molar-refractivity contribution in [2.24, 2.45) is 0 Å². The average molecular weight is 249 g/mol. The van der Waals surface area contributed by atoms with Crippen molar-refractivity contribution in [3.8, 4) is 0 Å². The number of carbonyl (C=O) groups is 1. The summed E-state index contributed by atoms with van der Waals surface area (Å²) in [7, 11) is 0. The minimum Gasteiger partial charge on any atom is -0.325 e. The number of nitrogens with zero attached hydrogens (tertiary/aromatic N) is 2. The smallest absolute Gasteiger partial charge is 0.322 e. The van der Waals surface area contributed by atoms with E-state index in [1.807, 2.05) is 0 Å². The van der Waals surface area contributed by atoms with Gasteiger partial charge in [-0.25, -0.2) is 4.79 Å². The van der Waals surface area contributed by atoms with Crippen LogP contribution in [0, 0.1) is 10.1 Å². The highest BCUT2D eigenvalue weighted by Crippen LogP contribution is 2.23. The quantitative estimate of drug-likeness (QED) is 0.646. The number of benzene rings is 1. The molecule has 2 amide bonds. The third kappa shape index (κ3) is 2.77. The van der Waals surface area contributed by atoms with Gasteiger partial charge in [-0.15, -0.1) is 0 Å². The summed E-state index contributed by atoms with van der Waals surface area (Å²) >= 11 is 0. The Morgan fingerprint density at radius 2 is 1.89 bits per heavy atom. The molecule has 1 aromatic rings. The molecule has 2 rings (SSSR count). The Labute approximate surface area is 105 Å². The van der Waals surface area contributed by atoms with Crippen molar-refractivity contribution in [2.75, 3.05) is 18.4 Å². The van der Waals surface area contributed by atoms with Gasteiger partial charge in [-0.05, 0) is 25.3 Å². The number of para-hydroxylation sites is 2. The van der Waals surface area contributed by atoms with Crippen molar-refractivity contribution in [3.63, 3.8) is 0 Å². The minimum absolute atomic E-state index is 0.0807. The molecular weight excluding hydrogens is 234 g/mol. The highest BCUT2D eigenvalue weighted by molar-refractivity contribution is 5.91. The fourth-order valence-electron chi connectivity index (χ4n) is 2.03. The Kier molecular flexibility index (Phi) is 3.76. The molecule has 96 valence electrons. The first-order valence-electron chi connectivity index (χ1n) is 5.98. The number of amides is 2. The molecule has 0 atom stereocenters. The van der Waals surface area contributed by atoms with Gasteiger partial charge in [0.25, 0.3) is 5.69 Å². The number of nitrogens with one attached hydrogen (secondary N) is 1. The van der Waals surface area contributed by atoms with E-state index in [2.05, 4.69) is 5.32 Å². The summed E-state index contributed by atoms with van der Waals surface area (Å²) < 4.78 is 0. The largest absolute Gasteiger partial charge is 0.325 e. The molecule has 0 radical (unpaired) electrons. The van der Waals surface area contributed by atoms with Gasteiger partial charge in [0.1, 0.15) is 5.69 Å². The van der Waals surface area contributed by atoms with Gasteiger partial charge in [0.2, 0.25) is 0 Å². The summed E-state index contributed by atoms with van der Waals surface area (Å²) in [5, 5.41) is 13.4. The number of carbonyl (C=O) groups excluding carboxylic acids is 1. The molecule has 0 saturated carbocycles. The summed E-state index contributed by atoms with van der Waals surface area (Å²) in [6.45, 7) is 1.43. The van der Waals surface area contributed by atoms with Crippen LogP contribution in [0.25, 0.3) is 0 Å². The lowest BCUT2D eigenvalue weighted by atomic mass is 10.1. The van der Waals surface area contributed by atoms with Gasteiger partial charge < -0.3 is 10.2 Å². The maximum absolute atomic E-state index is 11.9. The number of nitro benzene ring substituents is 1. The Bertz CT molecular complexity index is 456. The van der Waals surface area contributed by atoms with Crippen LogP contribution >= 0.6 is 0 Å². The lowest BCUT2D eigenvalue weighted by molar-refractivity contribution is -0.383. The summed E-state index contributed by atoms with van der Waals surface area (Å²) in [6, 6.07) is 5.91. The number of piperidine rings is 1. The molecule has 1 N–H and O–H groups in total. The van der Waals surface area contributed by atoms with Crippen LogP contribution in [0.4, 0.5) is 16.2 Å². The van der Waals surface area contributed by atoms with Crippen LogP contribution in [-0.2, 0) is 0 Å². The second-order valence-corrected chi connectivity index (χ2v) is 4.25. The topological polar surface area (TPSA) is 75.5 Å². The van der Waals surface area contributed by atoms with E-state index in [1.54, 1.807) is 23.1 Å². The molecule has 6 nitrogen and oxygen atoms in total. The fraction of sp³-hybridized carbons (Fsp3) is 0.417. The standard InChI is InChI=1S/C12H15N3O3/c16-12(14-8-4-1-5-9-14)13-10-6-2-3-7-11(10)15(17)18/h2-3,6-7H,1,4-5,8-9H2,(H,13,16). The van der Waals surface area contributed by atoms with Gasteiger partial charge in [-0.1, -0.05) is 12.1 Å². The van der Waals surface area contributed by atoms with Crippen molar-refractivity contribution in [1.29, 1.82) is 0 Å². The highest BCUT2D eigenvalue weighted by atomic mass is 16.6. The predicted octanol–water partition coefficient (Wildman–Crippen LogP) is 2.61. The number of anilines is 1. The molecule has 0 aliphatic carbocycles. The van der Waals surface area contributed by atoms with Crippen LogP contribution in [-0.4, -0.2) is 28.9 Å². The van der Waals surface area contributed by atoms with E-state index in [4.69, 9.17) is 0 Å². The van der Waals surface area contributed by atoms with Crippen molar-refractivity contribution >= 4 is 17.4 Å². The van der Waals surface area contributed by atoms with Gasteiger partial charge in [0, 0.05) is 19.2 Å². The summed E-state index contributed by atoms with van der Waals surface area (Å²) in [5.74, 6) is 0. The average Bonchev–Trinajstić information content (AvgIpc) is 2.40. The molecule has 1 heterocycles. The summed E-state index contributed by atoms with van der Waals surface area (Å²) in [4.78, 5) is 24.0. The Hall–Kier alpha value is -2.11. The van der Waals surface area contributed by atoms with Crippen LogP contribution in [0.15, 0.2) is 24.3 Å². The molecule has 18 heavy (non-hydrogen) atoms. The maximum Gasteiger partial charge on any atom is 0.322 e. The summed E-state index contributed by atoms with van der Waals surface area (Å²) in [5.41, 5.74) is 0.168. The Balaban J connectivity index is 2.08. The van der Waals surface area contributed by atoms with Gasteiger partial charge >= 0.3 is 6.03 Å². The number of urea groups is 1. The van der Waals surface area contributed by atoms with Crippen LogP contribution in [0.3, 0.4) is 0 Å². The second kappa shape index (κ2) is 5.48. The monoisotopic (exact) mass is 249 g/mol. The van der Waals surface area contributed by atoms with Crippen molar-refractivity contribution in [2.45, 2.75) is 19.3 Å². The SMILES string of the molecule is O=C(Nc1ccccc1[N+](=O)[O-])N1CCCCC1. The molecule has 1 fully saturated rings. The zero-order valence-electron chi connectivity index (χ0n) is 9.96. The molecule has 1 aromatic carbocycles. The lowest BCUT2D eigenvalue weighted by Crippen LogP contribution is -2.38. The fourth-order valence-corrected chi connectivity index (χ4v) is 2.03. The van der Waals surface area contributed by atoms with Gasteiger partial charge in [0.05, 0.1) is 4.92 Å². The van der Waals surface area contributed by atoms with E-state index in [-0.39, 0.29) is 17.4 Å². The number of likely N-dealkylation sites (tertiary alicyclic amines) is 1. The predicted molar refractivity (Wildman–Crippen MR) is 67.5 cm³/mol. The van der Waals surface area contributed by atoms with Crippen LogP contribution in [0.1, 0.15) is 19.3 Å². The number of rotatable bonds is 2. The van der Waals surface area contributed by atoms with Gasteiger partial charge in [0.15, 0.2) is 0 Å². The second-order valence-electron chi connectivity index (χ2n) is 4.25. The van der Waals surface area contributed by atoms with E-state index < -0.39 is 4.92 Å². The van der Waals surface area contributed by atoms with Crippen molar-refractivity contribution < 1.29 is 9.72 Å². The molecule has 0 unspecified atom stereocenters. The van der Waals surface area contributed by atoms with Crippen molar-refractivity contribution in [1.82, 2.24) is 4.90 Å². The minimum atomic E-state index is -0.494. The Morgan fingerprint density at radius 1 is 1.22 bits per heavy atom. The van der Waals surface area contributed by atoms with E-state index in [1.165, 1.54) is 6.07 Å². The molecule has 0 spiro atoms. The molecule has 0 bridgehead atoms. The summed E-state index contributed by atoms with van der Waals surface area (Å²) in [6.07, 6.45) is 3.11. The van der Waals surface area contributed by atoms with Crippen LogP contribution in [0.5, 0.6) is 0 Å². The molecule has 1 aliphatic heterocycles. The first-order chi connectivity index (χ1) is 8.68. The first kappa shape index (κ1) is 12.3. The first-order valence-corrected chi connectivity index (χ1v) is 5.98. The Morgan fingerprint density at radius 3 is 2.56 bits per heavy atom. The van der Waals surface area contributed by atoms with Crippen molar-refractivity contribution in [3.05, 3.63) is 34.4 Å². The van der Waals surface area contributed by atoms with Gasteiger partial charge in [-0.2, -0.15) is 0 Å². The van der Waals surface area contributed by atoms with Crippen LogP contribution in [0.2, 0.25) is 0 Å². The molecule has 1 saturated heterocycles. The van der Waals surface area contributed by atoms with Crippen LogP contribution < -0.4 is 5.32 Å². The van der Waals surface area contributed by atoms with E-state index in [0.717, 1.165) is 19.3 Å². The van der Waals surface area contributed by atoms with E-state index in [0.29, 0.717) is 13.1 Å². The van der Waals surface area contributed by atoms with E-state index in [9.17, 15) is 14.9 Å². The molecule has 6 heteroatoms. The molecular formula is C12H15N3O3. The van der Waals surface area contributed by atoms with E-state index >= 15 is 0 Å². The number of nitro groups is 1. The molecule has 0 aromatic heterocycles. The van der Waals surface area contributed by atoms with Gasteiger partial charge in [-0.3, -0.25) is 10.1 Å². The maximum atomic E-state index is 11.9. The lowest BCUT2D eigenvalue weighted by Gasteiger charge is -2.26. The number of hydrogen-bond acceptors (Lipinski definition) is 3. The molecule has 1 aliphatic rings. The highest BCUT2D eigenvalue weighted by Gasteiger charge is 2.20. The third-order valence-electron chi connectivity index (χ3n) is 2.99. The zero-order valence-corrected chi connectivity index (χ0v) is 9.96. The third-order valence-corrected chi connectivity index (χ3v) is 2.99. The zero-order chi connectivity index (χ0) is 13.0.